The first-order valence-electron chi connectivity index (χ1n) is 5.19. The van der Waals surface area contributed by atoms with Gasteiger partial charge in [-0.3, -0.25) is 4.55 Å². The third kappa shape index (κ3) is 2.25. The highest BCUT2D eigenvalue weighted by atomic mass is 32.2. The first kappa shape index (κ1) is 13.3. The number of hydrogen-bond donors (Lipinski definition) is 3. The molecule has 0 aliphatic rings. The Morgan fingerprint density at radius 1 is 1.21 bits per heavy atom. The van der Waals surface area contributed by atoms with Crippen molar-refractivity contribution in [3.63, 3.8) is 0 Å². The third-order valence-electron chi connectivity index (χ3n) is 2.87. The minimum Gasteiger partial charge on any atom is -0.507 e. The molecule has 0 fully saturated rings. The van der Waals surface area contributed by atoms with Crippen LogP contribution in [-0.4, -0.2) is 29.2 Å². The Kier molecular flexibility index (Phi) is 2.95. The standard InChI is InChI=1S/C12H10O6S/c1-6-9-3-2-8(19(16,17)18)4-7(9)5-10(11(6)13)12(14)15/h2-5,13H,1H3,(H,14,15)(H,16,17,18). The van der Waals surface area contributed by atoms with Crippen molar-refractivity contribution in [3.8, 4) is 5.75 Å². The van der Waals surface area contributed by atoms with Crippen LogP contribution < -0.4 is 0 Å². The van der Waals surface area contributed by atoms with Crippen LogP contribution in [0, 0.1) is 6.92 Å². The van der Waals surface area contributed by atoms with Gasteiger partial charge >= 0.3 is 5.97 Å². The number of fused-ring (bicyclic) bond motifs is 1. The van der Waals surface area contributed by atoms with Crippen LogP contribution in [0.3, 0.4) is 0 Å². The summed E-state index contributed by atoms with van der Waals surface area (Å²) in [6.45, 7) is 1.53. The Hall–Kier alpha value is -2.12. The molecule has 0 amide bonds. The number of aryl methyl sites for hydroxylation is 1. The molecule has 0 radical (unpaired) electrons. The Balaban J connectivity index is 2.87. The maximum absolute atomic E-state index is 11.0. The Labute approximate surface area is 108 Å². The van der Waals surface area contributed by atoms with E-state index in [0.29, 0.717) is 16.3 Å². The smallest absolute Gasteiger partial charge is 0.339 e. The van der Waals surface area contributed by atoms with Crippen molar-refractivity contribution < 1.29 is 28.0 Å². The van der Waals surface area contributed by atoms with Crippen LogP contribution in [0.5, 0.6) is 5.75 Å². The van der Waals surface area contributed by atoms with Gasteiger partial charge in [-0.2, -0.15) is 8.42 Å². The molecule has 2 rings (SSSR count). The SMILES string of the molecule is Cc1c(O)c(C(=O)O)cc2cc(S(=O)(=O)O)ccc12. The fourth-order valence-corrected chi connectivity index (χ4v) is 2.39. The van der Waals surface area contributed by atoms with E-state index >= 15 is 0 Å². The summed E-state index contributed by atoms with van der Waals surface area (Å²) >= 11 is 0. The van der Waals surface area contributed by atoms with E-state index in [1.54, 1.807) is 0 Å². The highest BCUT2D eigenvalue weighted by Crippen LogP contribution is 2.31. The second-order valence-electron chi connectivity index (χ2n) is 4.06. The van der Waals surface area contributed by atoms with Crippen LogP contribution >= 0.6 is 0 Å². The Morgan fingerprint density at radius 2 is 1.84 bits per heavy atom. The van der Waals surface area contributed by atoms with Crippen molar-refractivity contribution in [1.29, 1.82) is 0 Å². The molecule has 3 N–H and O–H groups in total. The van der Waals surface area contributed by atoms with Gasteiger partial charge in [-0.25, -0.2) is 4.79 Å². The minimum atomic E-state index is -4.36. The lowest BCUT2D eigenvalue weighted by atomic mass is 10.0. The second-order valence-corrected chi connectivity index (χ2v) is 5.48. The molecule has 0 saturated heterocycles. The minimum absolute atomic E-state index is 0.308. The summed E-state index contributed by atoms with van der Waals surface area (Å²) in [5, 5.41) is 19.5. The Bertz CT molecular complexity index is 791. The van der Waals surface area contributed by atoms with E-state index in [9.17, 15) is 18.3 Å². The van der Waals surface area contributed by atoms with E-state index in [1.807, 2.05) is 0 Å². The van der Waals surface area contributed by atoms with E-state index < -0.39 is 16.1 Å². The van der Waals surface area contributed by atoms with Gasteiger partial charge in [0.05, 0.1) is 4.90 Å². The fraction of sp³-hybridized carbons (Fsp3) is 0.0833. The highest BCUT2D eigenvalue weighted by Gasteiger charge is 2.17. The molecule has 0 bridgehead atoms. The molecule has 6 nitrogen and oxygen atoms in total. The zero-order valence-electron chi connectivity index (χ0n) is 9.78. The van der Waals surface area contributed by atoms with E-state index in [1.165, 1.54) is 19.1 Å². The van der Waals surface area contributed by atoms with Crippen LogP contribution in [-0.2, 0) is 10.1 Å². The molecule has 100 valence electrons. The highest BCUT2D eigenvalue weighted by molar-refractivity contribution is 7.85. The van der Waals surface area contributed by atoms with Gasteiger partial charge in [-0.05, 0) is 41.5 Å². The van der Waals surface area contributed by atoms with Crippen LogP contribution in [0.15, 0.2) is 29.2 Å². The number of aromatic carboxylic acids is 1. The van der Waals surface area contributed by atoms with Gasteiger partial charge in [-0.15, -0.1) is 0 Å². The molecular weight excluding hydrogens is 272 g/mol. The third-order valence-corrected chi connectivity index (χ3v) is 3.72. The first-order chi connectivity index (χ1) is 8.71. The summed E-state index contributed by atoms with van der Waals surface area (Å²) in [7, 11) is -4.36. The summed E-state index contributed by atoms with van der Waals surface area (Å²) in [5.41, 5.74) is 0.00859. The quantitative estimate of drug-likeness (QED) is 0.724. The number of carboxylic acids is 1. The number of aromatic hydroxyl groups is 1. The Morgan fingerprint density at radius 3 is 2.37 bits per heavy atom. The lowest BCUT2D eigenvalue weighted by Crippen LogP contribution is -2.00. The summed E-state index contributed by atoms with van der Waals surface area (Å²) < 4.78 is 31.0. The predicted molar refractivity (Wildman–Crippen MR) is 67.1 cm³/mol. The van der Waals surface area contributed by atoms with Crippen LogP contribution in [0.2, 0.25) is 0 Å². The number of hydrogen-bond acceptors (Lipinski definition) is 4. The van der Waals surface area contributed by atoms with Gasteiger partial charge < -0.3 is 10.2 Å². The van der Waals surface area contributed by atoms with Crippen molar-refractivity contribution in [2.24, 2.45) is 0 Å². The molecule has 2 aromatic carbocycles. The summed E-state index contributed by atoms with van der Waals surface area (Å²) in [5.74, 6) is -1.68. The van der Waals surface area contributed by atoms with Crippen LogP contribution in [0.25, 0.3) is 10.8 Å². The molecule has 19 heavy (non-hydrogen) atoms. The average Bonchev–Trinajstić information content (AvgIpc) is 2.31. The molecule has 0 unspecified atom stereocenters. The van der Waals surface area contributed by atoms with Crippen molar-refractivity contribution >= 4 is 26.9 Å². The van der Waals surface area contributed by atoms with Crippen molar-refractivity contribution in [3.05, 3.63) is 35.4 Å². The molecule has 0 atom stereocenters. The van der Waals surface area contributed by atoms with Gasteiger partial charge in [-0.1, -0.05) is 6.07 Å². The zero-order chi connectivity index (χ0) is 14.4. The van der Waals surface area contributed by atoms with Gasteiger partial charge in [0.1, 0.15) is 11.3 Å². The van der Waals surface area contributed by atoms with E-state index in [4.69, 9.17) is 9.66 Å². The molecule has 7 heteroatoms. The van der Waals surface area contributed by atoms with Gasteiger partial charge in [0.15, 0.2) is 0 Å². The van der Waals surface area contributed by atoms with Crippen LogP contribution in [0.4, 0.5) is 0 Å². The van der Waals surface area contributed by atoms with Crippen molar-refractivity contribution in [2.75, 3.05) is 0 Å². The topological polar surface area (TPSA) is 112 Å². The van der Waals surface area contributed by atoms with Gasteiger partial charge in [0, 0.05) is 0 Å². The number of carboxylic acid groups (broad SMARTS) is 1. The molecule has 0 saturated carbocycles. The largest absolute Gasteiger partial charge is 0.507 e. The first-order valence-corrected chi connectivity index (χ1v) is 6.63. The van der Waals surface area contributed by atoms with Crippen molar-refractivity contribution in [2.45, 2.75) is 11.8 Å². The lowest BCUT2D eigenvalue weighted by Gasteiger charge is -2.09. The number of rotatable bonds is 2. The van der Waals surface area contributed by atoms with Gasteiger partial charge in [0.2, 0.25) is 0 Å². The van der Waals surface area contributed by atoms with E-state index in [2.05, 4.69) is 0 Å². The van der Waals surface area contributed by atoms with Crippen molar-refractivity contribution in [1.82, 2.24) is 0 Å². The summed E-state index contributed by atoms with van der Waals surface area (Å²) in [4.78, 5) is 10.6. The maximum Gasteiger partial charge on any atom is 0.339 e. The second kappa shape index (κ2) is 4.22. The van der Waals surface area contributed by atoms with Gasteiger partial charge in [0.25, 0.3) is 10.1 Å². The van der Waals surface area contributed by atoms with E-state index in [0.717, 1.165) is 12.1 Å². The molecule has 0 aliphatic heterocycles. The molecule has 0 aliphatic carbocycles. The number of carbonyl (C=O) groups is 1. The summed E-state index contributed by atoms with van der Waals surface area (Å²) in [6, 6.07) is 4.90. The average molecular weight is 282 g/mol. The zero-order valence-corrected chi connectivity index (χ0v) is 10.6. The molecule has 2 aromatic rings. The molecular formula is C12H10O6S. The number of benzene rings is 2. The fourth-order valence-electron chi connectivity index (χ4n) is 1.88. The molecule has 0 heterocycles. The lowest BCUT2D eigenvalue weighted by molar-refractivity contribution is 0.0693. The maximum atomic E-state index is 11.0. The molecule has 0 spiro atoms. The normalized spacial score (nSPS) is 11.7. The van der Waals surface area contributed by atoms with Crippen LogP contribution in [0.1, 0.15) is 15.9 Å². The number of phenols is 1. The van der Waals surface area contributed by atoms with E-state index in [-0.39, 0.29) is 16.2 Å². The molecule has 0 aromatic heterocycles. The monoisotopic (exact) mass is 282 g/mol. The predicted octanol–water partition coefficient (Wildman–Crippen LogP) is 1.80. The summed E-state index contributed by atoms with van der Waals surface area (Å²) in [6.07, 6.45) is 0.